The van der Waals surface area contributed by atoms with Crippen LogP contribution in [0, 0.1) is 28.6 Å². The van der Waals surface area contributed by atoms with Crippen molar-refractivity contribution in [1.82, 2.24) is 5.43 Å². The van der Waals surface area contributed by atoms with Crippen molar-refractivity contribution in [3.05, 3.63) is 23.3 Å². The van der Waals surface area contributed by atoms with E-state index in [-0.39, 0.29) is 22.9 Å². The third-order valence-electron chi connectivity index (χ3n) is 8.95. The highest BCUT2D eigenvalue weighted by atomic mass is 16.6. The Morgan fingerprint density at radius 3 is 2.56 bits per heavy atom. The summed E-state index contributed by atoms with van der Waals surface area (Å²) in [5.41, 5.74) is 6.54. The Morgan fingerprint density at radius 1 is 1.09 bits per heavy atom. The van der Waals surface area contributed by atoms with E-state index in [9.17, 15) is 9.59 Å². The molecule has 0 spiro atoms. The fourth-order valence-electron chi connectivity index (χ4n) is 7.44. The number of allylic oxidation sites excluding steroid dienone is 3. The smallest absolute Gasteiger partial charge is 0.427 e. The third-order valence-corrected chi connectivity index (χ3v) is 8.95. The predicted molar refractivity (Wildman–Crippen MR) is 124 cm³/mol. The van der Waals surface area contributed by atoms with Crippen molar-refractivity contribution in [2.24, 2.45) is 33.7 Å². The first-order chi connectivity index (χ1) is 15.2. The molecule has 2 fully saturated rings. The Kier molecular flexibility index (Phi) is 6.25. The molecule has 6 heteroatoms. The zero-order valence-electron chi connectivity index (χ0n) is 20.2. The summed E-state index contributed by atoms with van der Waals surface area (Å²) >= 11 is 0. The maximum atomic E-state index is 11.7. The molecule has 0 saturated heterocycles. The number of esters is 1. The van der Waals surface area contributed by atoms with E-state index in [0.717, 1.165) is 44.2 Å². The second-order valence-electron chi connectivity index (χ2n) is 10.6. The fourth-order valence-corrected chi connectivity index (χ4v) is 7.44. The van der Waals surface area contributed by atoms with Crippen LogP contribution in [0.25, 0.3) is 0 Å². The number of amides is 1. The molecule has 2 saturated carbocycles. The minimum atomic E-state index is -0.502. The third kappa shape index (κ3) is 3.90. The molecule has 0 aromatic carbocycles. The summed E-state index contributed by atoms with van der Waals surface area (Å²) in [6.45, 7) is 10.5. The van der Waals surface area contributed by atoms with Crippen LogP contribution in [0.2, 0.25) is 0 Å². The van der Waals surface area contributed by atoms with Crippen molar-refractivity contribution >= 4 is 17.8 Å². The van der Waals surface area contributed by atoms with Gasteiger partial charge < -0.3 is 9.47 Å². The first-order valence-corrected chi connectivity index (χ1v) is 12.2. The molecule has 4 aliphatic rings. The van der Waals surface area contributed by atoms with Gasteiger partial charge >= 0.3 is 12.1 Å². The van der Waals surface area contributed by atoms with E-state index >= 15 is 0 Å². The van der Waals surface area contributed by atoms with Crippen LogP contribution in [0.4, 0.5) is 4.79 Å². The molecule has 0 aromatic rings. The summed E-state index contributed by atoms with van der Waals surface area (Å²) in [4.78, 5) is 23.1. The van der Waals surface area contributed by atoms with Gasteiger partial charge in [-0.25, -0.2) is 10.2 Å². The van der Waals surface area contributed by atoms with E-state index in [1.807, 2.05) is 6.92 Å². The van der Waals surface area contributed by atoms with Gasteiger partial charge in [-0.3, -0.25) is 4.79 Å². The maximum Gasteiger partial charge on any atom is 0.427 e. The van der Waals surface area contributed by atoms with Gasteiger partial charge in [0.05, 0.1) is 12.3 Å². The SMILES string of the molecule is CCOC(=O)NN=C(C)C1=CCC2C3CC=C4CC(OC(C)=O)CCC4(C)C3CCC12C. The fraction of sp³-hybridized carbons (Fsp3) is 0.731. The summed E-state index contributed by atoms with van der Waals surface area (Å²) in [5.74, 6) is 1.78. The molecule has 6 atom stereocenters. The van der Waals surface area contributed by atoms with Gasteiger partial charge in [0.15, 0.2) is 0 Å². The molecule has 0 aliphatic heterocycles. The van der Waals surface area contributed by atoms with E-state index in [2.05, 4.69) is 36.5 Å². The Balaban J connectivity index is 1.51. The minimum absolute atomic E-state index is 0.0442. The average Bonchev–Trinajstić information content (AvgIpc) is 3.09. The first-order valence-electron chi connectivity index (χ1n) is 12.2. The summed E-state index contributed by atoms with van der Waals surface area (Å²) in [5, 5.41) is 4.35. The number of fused-ring (bicyclic) bond motifs is 5. The predicted octanol–water partition coefficient (Wildman–Crippen LogP) is 5.54. The van der Waals surface area contributed by atoms with Gasteiger partial charge in [-0.15, -0.1) is 0 Å². The van der Waals surface area contributed by atoms with Gasteiger partial charge in [0.25, 0.3) is 0 Å². The number of nitrogens with zero attached hydrogens (tertiary/aromatic N) is 1. The average molecular weight is 443 g/mol. The molecule has 4 rings (SSSR count). The highest BCUT2D eigenvalue weighted by Crippen LogP contribution is 2.65. The van der Waals surface area contributed by atoms with Gasteiger partial charge in [0.1, 0.15) is 6.10 Å². The van der Waals surface area contributed by atoms with Crippen molar-refractivity contribution < 1.29 is 19.1 Å². The number of hydrogen-bond donors (Lipinski definition) is 1. The van der Waals surface area contributed by atoms with Gasteiger partial charge in [-0.1, -0.05) is 31.6 Å². The molecule has 1 amide bonds. The summed E-state index contributed by atoms with van der Waals surface area (Å²) < 4.78 is 10.5. The van der Waals surface area contributed by atoms with Crippen molar-refractivity contribution in [1.29, 1.82) is 0 Å². The van der Waals surface area contributed by atoms with Crippen LogP contribution in [0.15, 0.2) is 28.4 Å². The van der Waals surface area contributed by atoms with Crippen molar-refractivity contribution in [3.63, 3.8) is 0 Å². The zero-order chi connectivity index (χ0) is 23.1. The Morgan fingerprint density at radius 2 is 1.84 bits per heavy atom. The number of nitrogens with one attached hydrogen (secondary N) is 1. The summed E-state index contributed by atoms with van der Waals surface area (Å²) in [6, 6.07) is 0. The summed E-state index contributed by atoms with van der Waals surface area (Å²) in [7, 11) is 0. The second kappa shape index (κ2) is 8.68. The van der Waals surface area contributed by atoms with Crippen LogP contribution in [-0.4, -0.2) is 30.5 Å². The van der Waals surface area contributed by atoms with E-state index in [1.54, 1.807) is 6.92 Å². The lowest BCUT2D eigenvalue weighted by Crippen LogP contribution is -2.50. The standard InChI is InChI=1S/C26H38N2O4/c1-6-31-24(30)28-27-16(2)21-9-10-22-20-8-7-18-15-19(32-17(3)29)11-13-25(18,4)23(20)12-14-26(21,22)5/h7,9,19-20,22-23H,6,8,10-15H2,1-5H3,(H,28,30). The van der Waals surface area contributed by atoms with Crippen molar-refractivity contribution in [2.45, 2.75) is 85.7 Å². The molecule has 0 bridgehead atoms. The second-order valence-corrected chi connectivity index (χ2v) is 10.6. The van der Waals surface area contributed by atoms with Crippen LogP contribution < -0.4 is 5.43 Å². The van der Waals surface area contributed by atoms with Gasteiger partial charge in [-0.05, 0) is 86.5 Å². The molecule has 0 radical (unpaired) electrons. The summed E-state index contributed by atoms with van der Waals surface area (Å²) in [6.07, 6.45) is 11.9. The lowest BCUT2D eigenvalue weighted by atomic mass is 9.47. The Labute approximate surface area is 191 Å². The van der Waals surface area contributed by atoms with Crippen molar-refractivity contribution in [2.75, 3.05) is 6.61 Å². The Bertz CT molecular complexity index is 875. The monoisotopic (exact) mass is 442 g/mol. The van der Waals surface area contributed by atoms with E-state index in [4.69, 9.17) is 9.47 Å². The highest BCUT2D eigenvalue weighted by Gasteiger charge is 2.57. The normalized spacial score (nSPS) is 38.5. The maximum absolute atomic E-state index is 11.7. The molecule has 1 N–H and O–H groups in total. The highest BCUT2D eigenvalue weighted by molar-refractivity contribution is 6.00. The quantitative estimate of drug-likeness (QED) is 0.268. The van der Waals surface area contributed by atoms with E-state index < -0.39 is 6.09 Å². The number of ether oxygens (including phenoxy) is 2. The van der Waals surface area contributed by atoms with Crippen molar-refractivity contribution in [3.8, 4) is 0 Å². The minimum Gasteiger partial charge on any atom is -0.462 e. The topological polar surface area (TPSA) is 77.0 Å². The lowest BCUT2D eigenvalue weighted by Gasteiger charge is -2.57. The van der Waals surface area contributed by atoms with Gasteiger partial charge in [0, 0.05) is 13.3 Å². The molecule has 6 unspecified atom stereocenters. The first kappa shape index (κ1) is 23.1. The molecular formula is C26H38N2O4. The number of hydrogen-bond acceptors (Lipinski definition) is 5. The lowest BCUT2D eigenvalue weighted by molar-refractivity contribution is -0.148. The molecule has 0 heterocycles. The molecule has 176 valence electrons. The molecule has 6 nitrogen and oxygen atoms in total. The van der Waals surface area contributed by atoms with Crippen LogP contribution in [-0.2, 0) is 14.3 Å². The zero-order valence-corrected chi connectivity index (χ0v) is 20.2. The largest absolute Gasteiger partial charge is 0.462 e. The van der Waals surface area contributed by atoms with Crippen LogP contribution in [0.3, 0.4) is 0 Å². The number of rotatable bonds is 4. The van der Waals surface area contributed by atoms with Crippen LogP contribution in [0.1, 0.15) is 79.6 Å². The van der Waals surface area contributed by atoms with Gasteiger partial charge in [0.2, 0.25) is 0 Å². The molecule has 4 aliphatic carbocycles. The van der Waals surface area contributed by atoms with Crippen LogP contribution >= 0.6 is 0 Å². The number of carbonyl (C=O) groups excluding carboxylic acids is 2. The number of carbonyl (C=O) groups is 2. The molecular weight excluding hydrogens is 404 g/mol. The van der Waals surface area contributed by atoms with Crippen LogP contribution in [0.5, 0.6) is 0 Å². The molecule has 0 aromatic heterocycles. The number of hydrazone groups is 1. The van der Waals surface area contributed by atoms with Gasteiger partial charge in [-0.2, -0.15) is 5.10 Å². The van der Waals surface area contributed by atoms with E-state index in [0.29, 0.717) is 24.4 Å². The molecule has 32 heavy (non-hydrogen) atoms. The van der Waals surface area contributed by atoms with E-state index in [1.165, 1.54) is 24.5 Å². The Hall–Kier alpha value is -2.11.